The van der Waals surface area contributed by atoms with Crippen molar-refractivity contribution in [2.24, 2.45) is 5.73 Å². The quantitative estimate of drug-likeness (QED) is 0.633. The van der Waals surface area contributed by atoms with E-state index in [4.69, 9.17) is 15.9 Å². The van der Waals surface area contributed by atoms with Gasteiger partial charge in [0.05, 0.1) is 19.3 Å². The Kier molecular flexibility index (Phi) is 3.87. The Morgan fingerprint density at radius 3 is 2.94 bits per heavy atom. The van der Waals surface area contributed by atoms with Gasteiger partial charge >= 0.3 is 0 Å². The summed E-state index contributed by atoms with van der Waals surface area (Å²) in [4.78, 5) is 2.41. The predicted molar refractivity (Wildman–Crippen MR) is 74.4 cm³/mol. The summed E-state index contributed by atoms with van der Waals surface area (Å²) in [5, 5.41) is 7.47. The molecule has 0 saturated carbocycles. The maximum absolute atomic E-state index is 7.47. The minimum atomic E-state index is 0.124. The average Bonchev–Trinajstić information content (AvgIpc) is 2.38. The third-order valence-electron chi connectivity index (χ3n) is 3.52. The molecular weight excluding hydrogens is 226 g/mol. The second-order valence-corrected chi connectivity index (χ2v) is 4.75. The Morgan fingerprint density at radius 2 is 2.33 bits per heavy atom. The number of aryl methyl sites for hydroxylation is 1. The number of hydrogen-bond donors (Lipinski definition) is 2. The third-order valence-corrected chi connectivity index (χ3v) is 3.52. The van der Waals surface area contributed by atoms with Gasteiger partial charge in [-0.15, -0.1) is 0 Å². The highest BCUT2D eigenvalue weighted by molar-refractivity contribution is 5.95. The van der Waals surface area contributed by atoms with E-state index in [1.165, 1.54) is 11.3 Å². The van der Waals surface area contributed by atoms with Crippen LogP contribution in [0.4, 0.5) is 5.69 Å². The number of nitrogens with zero attached hydrogens (tertiary/aromatic N) is 1. The highest BCUT2D eigenvalue weighted by atomic mass is 16.5. The summed E-state index contributed by atoms with van der Waals surface area (Å²) in [6.07, 6.45) is 1.08. The smallest absolute Gasteiger partial charge is 0.122 e. The Hall–Kier alpha value is -1.55. The molecule has 0 amide bonds. The normalized spacial score (nSPS) is 19.9. The van der Waals surface area contributed by atoms with E-state index in [0.29, 0.717) is 6.04 Å². The van der Waals surface area contributed by atoms with Crippen molar-refractivity contribution in [1.29, 1.82) is 5.41 Å². The van der Waals surface area contributed by atoms with Gasteiger partial charge in [0.15, 0.2) is 0 Å². The zero-order valence-electron chi connectivity index (χ0n) is 11.1. The summed E-state index contributed by atoms with van der Waals surface area (Å²) in [5.74, 6) is 0.124. The zero-order valence-corrected chi connectivity index (χ0v) is 11.1. The van der Waals surface area contributed by atoms with Gasteiger partial charge in [-0.25, -0.2) is 0 Å². The molecule has 1 unspecified atom stereocenters. The average molecular weight is 247 g/mol. The van der Waals surface area contributed by atoms with Crippen molar-refractivity contribution in [2.45, 2.75) is 26.3 Å². The summed E-state index contributed by atoms with van der Waals surface area (Å²) in [5.41, 5.74) is 8.70. The van der Waals surface area contributed by atoms with Crippen LogP contribution >= 0.6 is 0 Å². The summed E-state index contributed by atoms with van der Waals surface area (Å²) in [7, 11) is 0. The van der Waals surface area contributed by atoms with Gasteiger partial charge in [0.25, 0.3) is 0 Å². The molecule has 1 saturated heterocycles. The van der Waals surface area contributed by atoms with Crippen molar-refractivity contribution in [3.63, 3.8) is 0 Å². The summed E-state index contributed by atoms with van der Waals surface area (Å²) in [6.45, 7) is 6.77. The van der Waals surface area contributed by atoms with Crippen LogP contribution in [0.3, 0.4) is 0 Å². The molecule has 4 heteroatoms. The number of rotatable bonds is 3. The fourth-order valence-corrected chi connectivity index (χ4v) is 2.46. The summed E-state index contributed by atoms with van der Waals surface area (Å²) < 4.78 is 5.53. The fraction of sp³-hybridized carbons (Fsp3) is 0.500. The molecule has 3 N–H and O–H groups in total. The number of nitrogens with two attached hydrogens (primary N) is 1. The maximum atomic E-state index is 7.47. The summed E-state index contributed by atoms with van der Waals surface area (Å²) >= 11 is 0. The molecule has 2 rings (SSSR count). The van der Waals surface area contributed by atoms with Crippen LogP contribution in [0.2, 0.25) is 0 Å². The first-order chi connectivity index (χ1) is 8.63. The lowest BCUT2D eigenvalue weighted by Crippen LogP contribution is -2.45. The standard InChI is InChI=1S/C14H21N3O/c1-3-12-9-18-7-6-17(12)13-5-4-11(14(15)16)8-10(13)2/h4-5,8,12H,3,6-7,9H2,1-2H3,(H3,15,16). The number of morpholine rings is 1. The lowest BCUT2D eigenvalue weighted by atomic mass is 10.1. The van der Waals surface area contributed by atoms with E-state index < -0.39 is 0 Å². The molecule has 4 nitrogen and oxygen atoms in total. The van der Waals surface area contributed by atoms with E-state index in [9.17, 15) is 0 Å². The first-order valence-electron chi connectivity index (χ1n) is 6.43. The summed E-state index contributed by atoms with van der Waals surface area (Å²) in [6, 6.07) is 6.42. The van der Waals surface area contributed by atoms with Crippen LogP contribution in [0.15, 0.2) is 18.2 Å². The second-order valence-electron chi connectivity index (χ2n) is 4.75. The molecule has 1 fully saturated rings. The van der Waals surface area contributed by atoms with Gasteiger partial charge in [-0.3, -0.25) is 5.41 Å². The topological polar surface area (TPSA) is 62.3 Å². The predicted octanol–water partition coefficient (Wildman–Crippen LogP) is 1.89. The van der Waals surface area contributed by atoms with Gasteiger partial charge in [0.1, 0.15) is 5.84 Å². The number of nitrogen functional groups attached to an aromatic ring is 1. The second kappa shape index (κ2) is 5.40. The van der Waals surface area contributed by atoms with Gasteiger partial charge in [0.2, 0.25) is 0 Å². The van der Waals surface area contributed by atoms with Crippen LogP contribution in [0, 0.1) is 12.3 Å². The van der Waals surface area contributed by atoms with Crippen molar-refractivity contribution >= 4 is 11.5 Å². The van der Waals surface area contributed by atoms with E-state index in [1.807, 2.05) is 12.1 Å². The number of nitrogens with one attached hydrogen (secondary N) is 1. The minimum Gasteiger partial charge on any atom is -0.384 e. The number of amidine groups is 1. The monoisotopic (exact) mass is 247 g/mol. The first-order valence-corrected chi connectivity index (χ1v) is 6.43. The van der Waals surface area contributed by atoms with Crippen LogP contribution < -0.4 is 10.6 Å². The molecule has 0 aromatic heterocycles. The first kappa shape index (κ1) is 12.9. The van der Waals surface area contributed by atoms with Crippen LogP contribution in [0.25, 0.3) is 0 Å². The third kappa shape index (κ3) is 2.48. The van der Waals surface area contributed by atoms with E-state index in [-0.39, 0.29) is 5.84 Å². The molecule has 18 heavy (non-hydrogen) atoms. The molecular formula is C14H21N3O. The lowest BCUT2D eigenvalue weighted by Gasteiger charge is -2.38. The molecule has 0 aliphatic carbocycles. The molecule has 1 atom stereocenters. The van der Waals surface area contributed by atoms with Crippen molar-refractivity contribution in [3.8, 4) is 0 Å². The van der Waals surface area contributed by atoms with Gasteiger partial charge < -0.3 is 15.4 Å². The Morgan fingerprint density at radius 1 is 1.56 bits per heavy atom. The number of ether oxygens (including phenoxy) is 1. The van der Waals surface area contributed by atoms with Gasteiger partial charge in [-0.2, -0.15) is 0 Å². The molecule has 1 aromatic carbocycles. The van der Waals surface area contributed by atoms with Crippen molar-refractivity contribution in [1.82, 2.24) is 0 Å². The Balaban J connectivity index is 2.29. The highest BCUT2D eigenvalue weighted by Gasteiger charge is 2.22. The van der Waals surface area contributed by atoms with E-state index in [1.54, 1.807) is 0 Å². The lowest BCUT2D eigenvalue weighted by molar-refractivity contribution is 0.0929. The maximum Gasteiger partial charge on any atom is 0.122 e. The van der Waals surface area contributed by atoms with Crippen molar-refractivity contribution < 1.29 is 4.74 Å². The van der Waals surface area contributed by atoms with Crippen LogP contribution in [-0.2, 0) is 4.74 Å². The van der Waals surface area contributed by atoms with Crippen LogP contribution in [0.5, 0.6) is 0 Å². The molecule has 1 heterocycles. The highest BCUT2D eigenvalue weighted by Crippen LogP contribution is 2.25. The van der Waals surface area contributed by atoms with Crippen LogP contribution in [0.1, 0.15) is 24.5 Å². The molecule has 0 spiro atoms. The zero-order chi connectivity index (χ0) is 13.1. The molecule has 0 radical (unpaired) electrons. The number of anilines is 1. The minimum absolute atomic E-state index is 0.124. The van der Waals surface area contributed by atoms with E-state index in [0.717, 1.165) is 31.7 Å². The number of benzene rings is 1. The Labute approximate surface area is 108 Å². The van der Waals surface area contributed by atoms with E-state index in [2.05, 4.69) is 24.8 Å². The molecule has 98 valence electrons. The van der Waals surface area contributed by atoms with Crippen molar-refractivity contribution in [2.75, 3.05) is 24.7 Å². The van der Waals surface area contributed by atoms with Gasteiger partial charge in [-0.05, 0) is 37.1 Å². The SMILES string of the molecule is CCC1COCCN1c1ccc(C(=N)N)cc1C. The fourth-order valence-electron chi connectivity index (χ4n) is 2.46. The van der Waals surface area contributed by atoms with Crippen LogP contribution in [-0.4, -0.2) is 31.6 Å². The Bertz CT molecular complexity index is 445. The largest absolute Gasteiger partial charge is 0.384 e. The number of hydrogen-bond acceptors (Lipinski definition) is 3. The molecule has 1 aliphatic rings. The van der Waals surface area contributed by atoms with Gasteiger partial charge in [0, 0.05) is 17.8 Å². The van der Waals surface area contributed by atoms with E-state index >= 15 is 0 Å². The van der Waals surface area contributed by atoms with Gasteiger partial charge in [-0.1, -0.05) is 6.92 Å². The molecule has 0 bridgehead atoms. The molecule has 1 aromatic rings. The molecule has 1 aliphatic heterocycles. The van der Waals surface area contributed by atoms with Crippen molar-refractivity contribution in [3.05, 3.63) is 29.3 Å².